The average molecular weight is 386 g/mol. The molecule has 0 fully saturated rings. The third-order valence-electron chi connectivity index (χ3n) is 4.53. The Morgan fingerprint density at radius 1 is 0.586 bits per heavy atom. The van der Waals surface area contributed by atoms with Crippen LogP contribution in [0.15, 0.2) is 93.3 Å². The first-order chi connectivity index (χ1) is 14.1. The molecular formula is C24H27N5. The second-order valence-corrected chi connectivity index (χ2v) is 7.10. The van der Waals surface area contributed by atoms with Crippen LogP contribution in [-0.4, -0.2) is 14.1 Å². The van der Waals surface area contributed by atoms with Crippen molar-refractivity contribution >= 4 is 28.4 Å². The number of aryl methyl sites for hydroxylation is 1. The zero-order chi connectivity index (χ0) is 20.5. The maximum Gasteiger partial charge on any atom is 0.0858 e. The van der Waals surface area contributed by atoms with E-state index >= 15 is 0 Å². The molecule has 3 aromatic rings. The number of hydrogen-bond acceptors (Lipinski definition) is 5. The van der Waals surface area contributed by atoms with E-state index in [1.54, 1.807) is 0 Å². The normalized spacial score (nSPS) is 11.4. The van der Waals surface area contributed by atoms with Crippen LogP contribution in [0.3, 0.4) is 0 Å². The Hall–Kier alpha value is -3.34. The molecule has 148 valence electrons. The molecular weight excluding hydrogens is 358 g/mol. The fraction of sp³-hybridized carbons (Fsp3) is 0.250. The largest absolute Gasteiger partial charge is 0.378 e. The lowest BCUT2D eigenvalue weighted by Gasteiger charge is -2.11. The summed E-state index contributed by atoms with van der Waals surface area (Å²) in [5, 5.41) is 17.2. The monoisotopic (exact) mass is 385 g/mol. The fourth-order valence-electron chi connectivity index (χ4n) is 2.74. The van der Waals surface area contributed by atoms with Gasteiger partial charge in [0.15, 0.2) is 0 Å². The smallest absolute Gasteiger partial charge is 0.0858 e. The van der Waals surface area contributed by atoms with Gasteiger partial charge in [0.1, 0.15) is 0 Å². The highest BCUT2D eigenvalue weighted by molar-refractivity contribution is 5.52. The van der Waals surface area contributed by atoms with Crippen LogP contribution in [0.1, 0.15) is 25.3 Å². The summed E-state index contributed by atoms with van der Waals surface area (Å²) >= 11 is 0. The Labute approximate surface area is 172 Å². The Kier molecular flexibility index (Phi) is 7.22. The van der Waals surface area contributed by atoms with Gasteiger partial charge in [0.2, 0.25) is 0 Å². The molecule has 3 aromatic carbocycles. The van der Waals surface area contributed by atoms with Crippen molar-refractivity contribution in [3.05, 3.63) is 78.4 Å². The second-order valence-electron chi connectivity index (χ2n) is 7.10. The predicted molar refractivity (Wildman–Crippen MR) is 121 cm³/mol. The molecule has 0 aromatic heterocycles. The minimum Gasteiger partial charge on any atom is -0.378 e. The number of benzene rings is 3. The SMILES string of the molecule is CCCCc1ccc(N=Nc2ccc(N=Nc3ccc(N(C)C)cc3)cc2)cc1. The van der Waals surface area contributed by atoms with Crippen LogP contribution in [0.25, 0.3) is 0 Å². The number of unbranched alkanes of at least 4 members (excludes halogenated alkanes) is 1. The van der Waals surface area contributed by atoms with Gasteiger partial charge in [-0.3, -0.25) is 0 Å². The van der Waals surface area contributed by atoms with Crippen LogP contribution in [0.5, 0.6) is 0 Å². The van der Waals surface area contributed by atoms with E-state index in [1.807, 2.05) is 74.8 Å². The molecule has 0 saturated carbocycles. The summed E-state index contributed by atoms with van der Waals surface area (Å²) in [6, 6.07) is 23.8. The quantitative estimate of drug-likeness (QED) is 0.363. The standard InChI is InChI=1S/C24H27N5/c1-4-5-6-19-7-9-20(10-8-19)25-26-21-11-13-22(14-12-21)27-28-23-15-17-24(18-16-23)29(2)3/h7-18H,4-6H2,1-3H3. The summed E-state index contributed by atoms with van der Waals surface area (Å²) in [6.45, 7) is 2.21. The molecule has 29 heavy (non-hydrogen) atoms. The summed E-state index contributed by atoms with van der Waals surface area (Å²) in [7, 11) is 4.02. The van der Waals surface area contributed by atoms with Gasteiger partial charge in [-0.1, -0.05) is 25.5 Å². The van der Waals surface area contributed by atoms with Crippen LogP contribution >= 0.6 is 0 Å². The van der Waals surface area contributed by atoms with Crippen LogP contribution < -0.4 is 4.90 Å². The van der Waals surface area contributed by atoms with Crippen molar-refractivity contribution in [2.45, 2.75) is 26.2 Å². The van der Waals surface area contributed by atoms with Crippen molar-refractivity contribution in [2.24, 2.45) is 20.5 Å². The van der Waals surface area contributed by atoms with Crippen molar-refractivity contribution in [1.29, 1.82) is 0 Å². The zero-order valence-corrected chi connectivity index (χ0v) is 17.3. The molecule has 0 N–H and O–H groups in total. The first-order valence-corrected chi connectivity index (χ1v) is 9.94. The lowest BCUT2D eigenvalue weighted by atomic mass is 10.1. The van der Waals surface area contributed by atoms with Crippen LogP contribution in [0.4, 0.5) is 28.4 Å². The van der Waals surface area contributed by atoms with Crippen LogP contribution in [-0.2, 0) is 6.42 Å². The highest BCUT2D eigenvalue weighted by Gasteiger charge is 1.97. The molecule has 0 radical (unpaired) electrons. The van der Waals surface area contributed by atoms with Crippen LogP contribution in [0, 0.1) is 0 Å². The Morgan fingerprint density at radius 2 is 0.966 bits per heavy atom. The van der Waals surface area contributed by atoms with E-state index in [4.69, 9.17) is 0 Å². The molecule has 0 saturated heterocycles. The van der Waals surface area contributed by atoms with E-state index in [0.717, 1.165) is 34.9 Å². The van der Waals surface area contributed by atoms with Gasteiger partial charge in [0.25, 0.3) is 0 Å². The van der Waals surface area contributed by atoms with Crippen molar-refractivity contribution in [3.8, 4) is 0 Å². The molecule has 3 rings (SSSR count). The first kappa shape index (κ1) is 20.4. The van der Waals surface area contributed by atoms with Crippen molar-refractivity contribution < 1.29 is 0 Å². The van der Waals surface area contributed by atoms with Gasteiger partial charge in [0, 0.05) is 19.8 Å². The molecule has 0 spiro atoms. The van der Waals surface area contributed by atoms with E-state index < -0.39 is 0 Å². The first-order valence-electron chi connectivity index (χ1n) is 9.94. The second kappa shape index (κ2) is 10.3. The molecule has 0 bridgehead atoms. The average Bonchev–Trinajstić information content (AvgIpc) is 2.76. The lowest BCUT2D eigenvalue weighted by Crippen LogP contribution is -2.07. The molecule has 0 aliphatic carbocycles. The zero-order valence-electron chi connectivity index (χ0n) is 17.3. The van der Waals surface area contributed by atoms with E-state index in [-0.39, 0.29) is 0 Å². The minimum absolute atomic E-state index is 0.779. The molecule has 5 heteroatoms. The van der Waals surface area contributed by atoms with Crippen molar-refractivity contribution in [3.63, 3.8) is 0 Å². The maximum atomic E-state index is 4.31. The van der Waals surface area contributed by atoms with E-state index in [9.17, 15) is 0 Å². The highest BCUT2D eigenvalue weighted by Crippen LogP contribution is 2.24. The predicted octanol–water partition coefficient (Wildman–Crippen LogP) is 7.93. The molecule has 0 unspecified atom stereocenters. The van der Waals surface area contributed by atoms with Gasteiger partial charge in [-0.05, 0) is 79.1 Å². The third-order valence-corrected chi connectivity index (χ3v) is 4.53. The maximum absolute atomic E-state index is 4.31. The van der Waals surface area contributed by atoms with E-state index in [1.165, 1.54) is 18.4 Å². The van der Waals surface area contributed by atoms with Gasteiger partial charge in [-0.15, -0.1) is 0 Å². The summed E-state index contributed by atoms with van der Waals surface area (Å²) < 4.78 is 0. The minimum atomic E-state index is 0.779. The molecule has 0 aliphatic heterocycles. The third kappa shape index (κ3) is 6.35. The number of anilines is 1. The summed E-state index contributed by atoms with van der Waals surface area (Å²) in [6.07, 6.45) is 3.54. The lowest BCUT2D eigenvalue weighted by molar-refractivity contribution is 0.795. The summed E-state index contributed by atoms with van der Waals surface area (Å²) in [5.41, 5.74) is 5.72. The van der Waals surface area contributed by atoms with Gasteiger partial charge >= 0.3 is 0 Å². The van der Waals surface area contributed by atoms with Gasteiger partial charge in [-0.2, -0.15) is 20.5 Å². The Morgan fingerprint density at radius 3 is 1.34 bits per heavy atom. The fourth-order valence-corrected chi connectivity index (χ4v) is 2.74. The molecule has 0 atom stereocenters. The summed E-state index contributed by atoms with van der Waals surface area (Å²) in [4.78, 5) is 2.05. The van der Waals surface area contributed by atoms with Gasteiger partial charge in [-0.25, -0.2) is 0 Å². The van der Waals surface area contributed by atoms with E-state index in [0.29, 0.717) is 0 Å². The van der Waals surface area contributed by atoms with Crippen molar-refractivity contribution in [1.82, 2.24) is 0 Å². The van der Waals surface area contributed by atoms with Crippen LogP contribution in [0.2, 0.25) is 0 Å². The summed E-state index contributed by atoms with van der Waals surface area (Å²) in [5.74, 6) is 0. The topological polar surface area (TPSA) is 52.7 Å². The number of hydrogen-bond donors (Lipinski definition) is 0. The molecule has 0 heterocycles. The number of azo groups is 2. The molecule has 0 amide bonds. The van der Waals surface area contributed by atoms with Crippen molar-refractivity contribution in [2.75, 3.05) is 19.0 Å². The van der Waals surface area contributed by atoms with Gasteiger partial charge < -0.3 is 4.90 Å². The highest BCUT2D eigenvalue weighted by atomic mass is 15.1. The van der Waals surface area contributed by atoms with E-state index in [2.05, 4.69) is 44.4 Å². The number of nitrogens with zero attached hydrogens (tertiary/aromatic N) is 5. The van der Waals surface area contributed by atoms with Gasteiger partial charge in [0.05, 0.1) is 22.7 Å². The molecule has 0 aliphatic rings. The number of rotatable bonds is 8. The Balaban J connectivity index is 1.58. The molecule has 5 nitrogen and oxygen atoms in total. The Bertz CT molecular complexity index is 940.